The third kappa shape index (κ3) is 19.7. The molecule has 1 unspecified atom stereocenters. The van der Waals surface area contributed by atoms with Gasteiger partial charge in [0.2, 0.25) is 5.79 Å². The Labute approximate surface area is 346 Å². The van der Waals surface area contributed by atoms with Crippen LogP contribution in [0.2, 0.25) is 157 Å². The minimum atomic E-state index is -2.23. The average Bonchev–Trinajstić information content (AvgIpc) is 3.13. The monoisotopic (exact) mass is 918 g/mol. The molecule has 2 heterocycles. The Hall–Kier alpha value is 1.30. The molecule has 0 aliphatic carbocycles. The van der Waals surface area contributed by atoms with E-state index in [1.807, 2.05) is 0 Å². The first-order chi connectivity index (χ1) is 24.2. The van der Waals surface area contributed by atoms with Crippen molar-refractivity contribution in [1.82, 2.24) is 0 Å². The highest BCUT2D eigenvalue weighted by Gasteiger charge is 2.61. The van der Waals surface area contributed by atoms with E-state index in [4.69, 9.17) is 49.6 Å². The van der Waals surface area contributed by atoms with Gasteiger partial charge in [0.25, 0.3) is 0 Å². The maximum absolute atomic E-state index is 7.21. The highest BCUT2D eigenvalue weighted by Crippen LogP contribution is 2.43. The molecule has 55 heavy (non-hydrogen) atoms. The summed E-state index contributed by atoms with van der Waals surface area (Å²) < 4.78 is 76.9. The first-order valence-electron chi connectivity index (χ1n) is 20.5. The third-order valence-electron chi connectivity index (χ3n) is 7.77. The quantitative estimate of drug-likeness (QED) is 0.103. The van der Waals surface area contributed by atoms with E-state index in [1.54, 1.807) is 0 Å². The molecule has 19 heteroatoms. The molecule has 2 saturated heterocycles. The van der Waals surface area contributed by atoms with Crippen molar-refractivity contribution in [3.8, 4) is 0 Å². The largest absolute Gasteiger partial charge is 0.415 e. The van der Waals surface area contributed by atoms with Crippen LogP contribution >= 0.6 is 0 Å². The number of hydrogen-bond donors (Lipinski definition) is 0. The lowest BCUT2D eigenvalue weighted by atomic mass is 9.99. The topological polar surface area (TPSA) is 102 Å². The van der Waals surface area contributed by atoms with Crippen molar-refractivity contribution in [2.75, 3.05) is 19.8 Å². The molecule has 0 aromatic rings. The van der Waals surface area contributed by atoms with Crippen molar-refractivity contribution in [3.05, 3.63) is 0 Å². The fraction of sp³-hybridized carbons (Fsp3) is 1.00. The highest BCUT2D eigenvalue weighted by molar-refractivity contribution is 6.72. The van der Waals surface area contributed by atoms with Crippen molar-refractivity contribution in [1.29, 1.82) is 0 Å². The maximum atomic E-state index is 7.21. The third-order valence-corrected chi connectivity index (χ3v) is 15.6. The summed E-state index contributed by atoms with van der Waals surface area (Å²) in [7, 11) is -16.8. The van der Waals surface area contributed by atoms with Gasteiger partial charge in [-0.3, -0.25) is 0 Å². The Bertz CT molecular complexity index is 1190. The molecule has 0 radical (unpaired) electrons. The highest BCUT2D eigenvalue weighted by atomic mass is 28.4. The van der Waals surface area contributed by atoms with E-state index in [1.165, 1.54) is 0 Å². The van der Waals surface area contributed by atoms with Crippen molar-refractivity contribution < 1.29 is 49.6 Å². The molecule has 0 spiro atoms. The zero-order valence-electron chi connectivity index (χ0n) is 39.7. The number of rotatable bonds is 21. The molecule has 9 atom stereocenters. The van der Waals surface area contributed by atoms with Gasteiger partial charge in [-0.05, 0) is 157 Å². The minimum Gasteiger partial charge on any atom is -0.415 e. The van der Waals surface area contributed by atoms with Gasteiger partial charge in [-0.2, -0.15) is 0 Å². The van der Waals surface area contributed by atoms with E-state index in [0.717, 1.165) is 0 Å². The number of ether oxygens (including phenoxy) is 3. The van der Waals surface area contributed by atoms with Crippen LogP contribution in [-0.4, -0.2) is 141 Å². The van der Waals surface area contributed by atoms with Crippen LogP contribution in [0.5, 0.6) is 0 Å². The van der Waals surface area contributed by atoms with Crippen molar-refractivity contribution in [2.24, 2.45) is 0 Å². The van der Waals surface area contributed by atoms with Gasteiger partial charge in [0.15, 0.2) is 72.8 Å². The Morgan fingerprint density at radius 2 is 0.818 bits per heavy atom. The van der Waals surface area contributed by atoms with Crippen LogP contribution in [0, 0.1) is 0 Å². The van der Waals surface area contributed by atoms with Gasteiger partial charge in [-0.25, -0.2) is 0 Å². The predicted octanol–water partition coefficient (Wildman–Crippen LogP) is 9.48. The molecule has 11 nitrogen and oxygen atoms in total. The maximum Gasteiger partial charge on any atom is 0.210 e. The fourth-order valence-electron chi connectivity index (χ4n) is 6.41. The smallest absolute Gasteiger partial charge is 0.210 e. The molecule has 0 aromatic carbocycles. The second kappa shape index (κ2) is 18.7. The molecule has 2 fully saturated rings. The summed E-state index contributed by atoms with van der Waals surface area (Å²) in [6, 6.07) is 0. The van der Waals surface area contributed by atoms with E-state index in [0.29, 0.717) is 6.61 Å². The van der Waals surface area contributed by atoms with Gasteiger partial charge in [0.1, 0.15) is 42.7 Å². The molecular formula is C36H86O11Si8. The van der Waals surface area contributed by atoms with Crippen molar-refractivity contribution in [2.45, 2.75) is 212 Å². The van der Waals surface area contributed by atoms with E-state index >= 15 is 0 Å². The zero-order chi connectivity index (χ0) is 43.0. The molecule has 0 saturated carbocycles. The Morgan fingerprint density at radius 1 is 0.400 bits per heavy atom. The van der Waals surface area contributed by atoms with Crippen LogP contribution in [0.25, 0.3) is 0 Å². The molecular weight excluding hydrogens is 833 g/mol. The second-order valence-electron chi connectivity index (χ2n) is 23.3. The first-order valence-corrected chi connectivity index (χ1v) is 47.8. The van der Waals surface area contributed by atoms with Crippen molar-refractivity contribution in [3.63, 3.8) is 0 Å². The lowest BCUT2D eigenvalue weighted by Gasteiger charge is -2.51. The van der Waals surface area contributed by atoms with E-state index in [9.17, 15) is 0 Å². The predicted molar refractivity (Wildman–Crippen MR) is 246 cm³/mol. The zero-order valence-corrected chi connectivity index (χ0v) is 47.7. The fourth-order valence-corrected chi connectivity index (χ4v) is 14.4. The lowest BCUT2D eigenvalue weighted by Crippen LogP contribution is -2.66. The SMILES string of the molecule is C[Si](C)(C)OC[C@H]1O[C@H](OC[C@H]2OC(CO[Si](C)(C)C)(O[Si](C)(C)C)[C@@H](O[Si](C)(C)C)[C@@H]2O[Si](C)(C)C)[C@H](O[Si](C)(C)C)[C@@H](O[Si](C)(C)C)[C@@H]1O[Si](C)(C)C. The van der Waals surface area contributed by atoms with Gasteiger partial charge in [-0.15, -0.1) is 0 Å². The molecule has 0 aromatic heterocycles. The van der Waals surface area contributed by atoms with Gasteiger partial charge >= 0.3 is 0 Å². The van der Waals surface area contributed by atoms with Crippen LogP contribution in [0.3, 0.4) is 0 Å². The lowest BCUT2D eigenvalue weighted by molar-refractivity contribution is -0.300. The van der Waals surface area contributed by atoms with Crippen LogP contribution in [0.15, 0.2) is 0 Å². The molecule has 328 valence electrons. The normalized spacial score (nSPS) is 31.0. The molecule has 2 rings (SSSR count). The van der Waals surface area contributed by atoms with Gasteiger partial charge in [0.05, 0.1) is 19.8 Å². The van der Waals surface area contributed by atoms with Crippen LogP contribution in [0.4, 0.5) is 0 Å². The van der Waals surface area contributed by atoms with E-state index < -0.39 is 115 Å². The van der Waals surface area contributed by atoms with Gasteiger partial charge in [0, 0.05) is 0 Å². The Balaban J connectivity index is 2.77. The summed E-state index contributed by atoms with van der Waals surface area (Å²) in [5.74, 6) is -1.17. The molecule has 0 amide bonds. The van der Waals surface area contributed by atoms with E-state index in [-0.39, 0.29) is 19.3 Å². The standard InChI is InChI=1S/C36H86O11Si8/c1-48(2,3)38-26-28-30(42-50(7,8)9)32(44-52(13,14)15)33(45-53(16,17)18)35(40-28)37-25-29-31(43-51(10,11)12)34(46-54(19,20)21)36(41-29,47-55(22,23)24)27-39-49(4,5)6/h28-35H,25-27H2,1-24H3/t28-,29-,30-,31-,32+,33-,34+,35+,36?/m1/s1. The van der Waals surface area contributed by atoms with Crippen LogP contribution < -0.4 is 0 Å². The average molecular weight is 920 g/mol. The molecule has 2 aliphatic heterocycles. The summed E-state index contributed by atoms with van der Waals surface area (Å²) in [4.78, 5) is 0. The summed E-state index contributed by atoms with van der Waals surface area (Å²) in [5, 5.41) is 0. The number of hydrogen-bond acceptors (Lipinski definition) is 11. The van der Waals surface area contributed by atoms with Crippen molar-refractivity contribution >= 4 is 66.5 Å². The summed E-state index contributed by atoms with van der Waals surface area (Å²) in [6.07, 6.45) is -4.03. The van der Waals surface area contributed by atoms with Crippen LogP contribution in [-0.2, 0) is 49.6 Å². The Kier molecular flexibility index (Phi) is 17.9. The summed E-state index contributed by atoms with van der Waals surface area (Å²) >= 11 is 0. The molecule has 0 bridgehead atoms. The molecule has 0 N–H and O–H groups in total. The van der Waals surface area contributed by atoms with Gasteiger partial charge in [-0.1, -0.05) is 0 Å². The minimum absolute atomic E-state index is 0.168. The van der Waals surface area contributed by atoms with Crippen LogP contribution in [0.1, 0.15) is 0 Å². The Morgan fingerprint density at radius 3 is 1.24 bits per heavy atom. The van der Waals surface area contributed by atoms with E-state index in [2.05, 4.69) is 157 Å². The first kappa shape index (κ1) is 52.4. The molecule has 2 aliphatic rings. The summed E-state index contributed by atoms with van der Waals surface area (Å²) in [6.45, 7) is 53.6. The van der Waals surface area contributed by atoms with Gasteiger partial charge < -0.3 is 49.6 Å². The second-order valence-corrected chi connectivity index (χ2v) is 59.1. The summed E-state index contributed by atoms with van der Waals surface area (Å²) in [5.41, 5.74) is 0.